The number of pyridine rings is 1. The van der Waals surface area contributed by atoms with E-state index in [1.54, 1.807) is 31.3 Å². The van der Waals surface area contributed by atoms with Crippen LogP contribution in [-0.4, -0.2) is 23.3 Å². The maximum Gasteiger partial charge on any atom is 0.230 e. The molecule has 5 heteroatoms. The van der Waals surface area contributed by atoms with E-state index in [9.17, 15) is 9.59 Å². The molecule has 1 atom stereocenters. The first-order valence-electron chi connectivity index (χ1n) is 4.92. The maximum atomic E-state index is 11.4. The van der Waals surface area contributed by atoms with Gasteiger partial charge in [-0.1, -0.05) is 13.0 Å². The summed E-state index contributed by atoms with van der Waals surface area (Å²) in [7, 11) is 0. The Bertz CT molecular complexity index is 365. The predicted octanol–water partition coefficient (Wildman–Crippen LogP) is -0.128. The van der Waals surface area contributed by atoms with E-state index < -0.39 is 5.91 Å². The summed E-state index contributed by atoms with van der Waals surface area (Å²) in [6.45, 7) is 1.89. The van der Waals surface area contributed by atoms with E-state index in [-0.39, 0.29) is 18.4 Å². The molecule has 1 aromatic rings. The molecule has 1 rings (SSSR count). The molecule has 0 spiro atoms. The van der Waals surface area contributed by atoms with Gasteiger partial charge in [0.1, 0.15) is 0 Å². The number of aromatic nitrogens is 1. The fourth-order valence-electron chi connectivity index (χ4n) is 1.00. The van der Waals surface area contributed by atoms with Gasteiger partial charge in [0.15, 0.2) is 0 Å². The van der Waals surface area contributed by atoms with Crippen molar-refractivity contribution in [3.05, 3.63) is 36.5 Å². The molecule has 3 N–H and O–H groups in total. The second-order valence-electron chi connectivity index (χ2n) is 3.45. The van der Waals surface area contributed by atoms with E-state index in [1.165, 1.54) is 6.42 Å². The van der Waals surface area contributed by atoms with Gasteiger partial charge in [-0.15, -0.1) is 0 Å². The summed E-state index contributed by atoms with van der Waals surface area (Å²) in [5.41, 5.74) is 5.64. The molecule has 0 saturated carbocycles. The van der Waals surface area contributed by atoms with Crippen LogP contribution in [0.1, 0.15) is 12.6 Å². The van der Waals surface area contributed by atoms with Crippen LogP contribution in [0.4, 0.5) is 0 Å². The monoisotopic (exact) mass is 220 g/mol. The lowest BCUT2D eigenvalue weighted by Crippen LogP contribution is -2.34. The highest BCUT2D eigenvalue weighted by atomic mass is 16.2. The lowest BCUT2D eigenvalue weighted by atomic mass is 10.1. The summed E-state index contributed by atoms with van der Waals surface area (Å²) >= 11 is 0. The SMILES string of the molecule is CC(CNC(=O)[CH]c1ccccn1)C(N)=O. The van der Waals surface area contributed by atoms with E-state index >= 15 is 0 Å². The molecular weight excluding hydrogens is 206 g/mol. The molecule has 85 valence electrons. The molecule has 0 aliphatic rings. The first-order valence-corrected chi connectivity index (χ1v) is 4.92. The Kier molecular flexibility index (Phi) is 4.44. The van der Waals surface area contributed by atoms with Crippen LogP contribution in [-0.2, 0) is 9.59 Å². The van der Waals surface area contributed by atoms with Crippen LogP contribution in [0, 0.1) is 12.3 Å². The normalized spacial score (nSPS) is 11.8. The van der Waals surface area contributed by atoms with E-state index in [0.29, 0.717) is 5.69 Å². The van der Waals surface area contributed by atoms with Gasteiger partial charge < -0.3 is 11.1 Å². The van der Waals surface area contributed by atoms with Crippen molar-refractivity contribution < 1.29 is 9.59 Å². The molecule has 0 aliphatic heterocycles. The van der Waals surface area contributed by atoms with Gasteiger partial charge in [0.25, 0.3) is 0 Å². The van der Waals surface area contributed by atoms with Crippen LogP contribution in [0.25, 0.3) is 0 Å². The summed E-state index contributed by atoms with van der Waals surface area (Å²) in [5, 5.41) is 2.58. The van der Waals surface area contributed by atoms with Gasteiger partial charge >= 0.3 is 0 Å². The fraction of sp³-hybridized carbons (Fsp3) is 0.273. The number of nitrogens with one attached hydrogen (secondary N) is 1. The molecule has 2 amide bonds. The minimum Gasteiger partial charge on any atom is -0.369 e. The number of hydrogen-bond acceptors (Lipinski definition) is 3. The first-order chi connectivity index (χ1) is 7.59. The summed E-state index contributed by atoms with van der Waals surface area (Å²) in [6, 6.07) is 5.28. The Morgan fingerprint density at radius 1 is 1.56 bits per heavy atom. The Balaban J connectivity index is 2.35. The predicted molar refractivity (Wildman–Crippen MR) is 59.0 cm³/mol. The van der Waals surface area contributed by atoms with Crippen LogP contribution in [0.5, 0.6) is 0 Å². The van der Waals surface area contributed by atoms with Gasteiger partial charge in [-0.25, -0.2) is 0 Å². The largest absolute Gasteiger partial charge is 0.369 e. The number of amides is 2. The van der Waals surface area contributed by atoms with Gasteiger partial charge in [-0.2, -0.15) is 0 Å². The smallest absolute Gasteiger partial charge is 0.230 e. The Labute approximate surface area is 94.1 Å². The number of hydrogen-bond donors (Lipinski definition) is 2. The van der Waals surface area contributed by atoms with Crippen molar-refractivity contribution in [3.63, 3.8) is 0 Å². The van der Waals surface area contributed by atoms with Crippen LogP contribution in [0.3, 0.4) is 0 Å². The molecule has 0 aromatic carbocycles. The number of carbonyl (C=O) groups excluding carboxylic acids is 2. The average Bonchev–Trinajstić information content (AvgIpc) is 2.27. The van der Waals surface area contributed by atoms with Gasteiger partial charge in [-0.3, -0.25) is 14.6 Å². The third-order valence-corrected chi connectivity index (χ3v) is 2.03. The maximum absolute atomic E-state index is 11.4. The number of carbonyl (C=O) groups is 2. The topological polar surface area (TPSA) is 85.1 Å². The lowest BCUT2D eigenvalue weighted by Gasteiger charge is -2.08. The molecular formula is C11H14N3O2. The van der Waals surface area contributed by atoms with Gasteiger partial charge in [0, 0.05) is 12.7 Å². The first kappa shape index (κ1) is 12.2. The minimum absolute atomic E-state index is 0.234. The zero-order valence-corrected chi connectivity index (χ0v) is 9.01. The molecule has 0 bridgehead atoms. The van der Waals surface area contributed by atoms with Crippen molar-refractivity contribution in [2.45, 2.75) is 6.92 Å². The minimum atomic E-state index is -0.432. The molecule has 0 fully saturated rings. The van der Waals surface area contributed by atoms with Crippen molar-refractivity contribution in [1.29, 1.82) is 0 Å². The third-order valence-electron chi connectivity index (χ3n) is 2.03. The van der Waals surface area contributed by atoms with Crippen molar-refractivity contribution >= 4 is 11.8 Å². The van der Waals surface area contributed by atoms with Crippen LogP contribution in [0.2, 0.25) is 0 Å². The second kappa shape index (κ2) is 5.85. The molecule has 1 heterocycles. The quantitative estimate of drug-likeness (QED) is 0.725. The van der Waals surface area contributed by atoms with Crippen molar-refractivity contribution in [3.8, 4) is 0 Å². The summed E-state index contributed by atoms with van der Waals surface area (Å²) in [6.07, 6.45) is 2.97. The molecule has 1 radical (unpaired) electrons. The Hall–Kier alpha value is -1.91. The van der Waals surface area contributed by atoms with Crippen molar-refractivity contribution in [1.82, 2.24) is 10.3 Å². The third kappa shape index (κ3) is 4.08. The van der Waals surface area contributed by atoms with Crippen molar-refractivity contribution in [2.24, 2.45) is 11.7 Å². The van der Waals surface area contributed by atoms with Gasteiger partial charge in [-0.05, 0) is 12.1 Å². The average molecular weight is 220 g/mol. The van der Waals surface area contributed by atoms with Crippen LogP contribution < -0.4 is 11.1 Å². The standard InChI is InChI=1S/C11H14N3O2/c1-8(11(12)16)7-14-10(15)6-9-4-2-3-5-13-9/h2-6,8H,7H2,1H3,(H2,12,16)(H,14,15). The van der Waals surface area contributed by atoms with E-state index in [0.717, 1.165) is 0 Å². The second-order valence-corrected chi connectivity index (χ2v) is 3.45. The summed E-state index contributed by atoms with van der Waals surface area (Å²) in [4.78, 5) is 26.1. The zero-order chi connectivity index (χ0) is 12.0. The number of primary amides is 1. The number of nitrogens with zero attached hydrogens (tertiary/aromatic N) is 1. The van der Waals surface area contributed by atoms with E-state index in [1.807, 2.05) is 0 Å². The highest BCUT2D eigenvalue weighted by Gasteiger charge is 2.10. The Morgan fingerprint density at radius 3 is 2.88 bits per heavy atom. The summed E-state index contributed by atoms with van der Waals surface area (Å²) in [5.74, 6) is -1.09. The molecule has 5 nitrogen and oxygen atoms in total. The molecule has 0 aliphatic carbocycles. The molecule has 16 heavy (non-hydrogen) atoms. The Morgan fingerprint density at radius 2 is 2.31 bits per heavy atom. The van der Waals surface area contributed by atoms with Crippen LogP contribution in [0.15, 0.2) is 24.4 Å². The molecule has 0 saturated heterocycles. The highest BCUT2D eigenvalue weighted by molar-refractivity contribution is 5.88. The molecule has 1 unspecified atom stereocenters. The van der Waals surface area contributed by atoms with E-state index in [2.05, 4.69) is 10.3 Å². The van der Waals surface area contributed by atoms with Crippen molar-refractivity contribution in [2.75, 3.05) is 6.54 Å². The van der Waals surface area contributed by atoms with E-state index in [4.69, 9.17) is 5.73 Å². The lowest BCUT2D eigenvalue weighted by molar-refractivity contribution is -0.121. The zero-order valence-electron chi connectivity index (χ0n) is 9.01. The molecule has 1 aromatic heterocycles. The number of nitrogens with two attached hydrogens (primary N) is 1. The highest BCUT2D eigenvalue weighted by Crippen LogP contribution is 1.97. The van der Waals surface area contributed by atoms with Gasteiger partial charge in [0.05, 0.1) is 18.0 Å². The van der Waals surface area contributed by atoms with Crippen LogP contribution >= 0.6 is 0 Å². The summed E-state index contributed by atoms with van der Waals surface area (Å²) < 4.78 is 0. The fourth-order valence-corrected chi connectivity index (χ4v) is 1.00. The van der Waals surface area contributed by atoms with Gasteiger partial charge in [0.2, 0.25) is 11.8 Å². The number of rotatable bonds is 5.